The van der Waals surface area contributed by atoms with Crippen LogP contribution in [0.3, 0.4) is 0 Å². The number of ether oxygens (including phenoxy) is 1. The van der Waals surface area contributed by atoms with E-state index >= 15 is 0 Å². The SMILES string of the molecule is COc1cccc(CCS(=O)(=O)Nc2scnc2C(=O)O)c1. The van der Waals surface area contributed by atoms with E-state index in [9.17, 15) is 13.2 Å². The molecule has 2 rings (SSSR count). The Kier molecular flexibility index (Phi) is 4.99. The fourth-order valence-corrected chi connectivity index (χ4v) is 3.82. The van der Waals surface area contributed by atoms with Crippen LogP contribution in [0.2, 0.25) is 0 Å². The van der Waals surface area contributed by atoms with E-state index in [1.54, 1.807) is 24.3 Å². The highest BCUT2D eigenvalue weighted by molar-refractivity contribution is 7.92. The van der Waals surface area contributed by atoms with Gasteiger partial charge in [0.1, 0.15) is 10.8 Å². The van der Waals surface area contributed by atoms with Gasteiger partial charge in [-0.2, -0.15) is 0 Å². The first-order valence-electron chi connectivity index (χ1n) is 6.21. The van der Waals surface area contributed by atoms with E-state index in [0.717, 1.165) is 16.9 Å². The molecule has 1 aromatic carbocycles. The maximum absolute atomic E-state index is 12.0. The molecule has 7 nitrogen and oxygen atoms in total. The Morgan fingerprint density at radius 2 is 2.23 bits per heavy atom. The number of methoxy groups -OCH3 is 1. The number of hydrogen-bond acceptors (Lipinski definition) is 6. The number of aromatic carboxylic acids is 1. The summed E-state index contributed by atoms with van der Waals surface area (Å²) in [6.07, 6.45) is 0.285. The van der Waals surface area contributed by atoms with Crippen LogP contribution < -0.4 is 9.46 Å². The Labute approximate surface area is 131 Å². The van der Waals surface area contributed by atoms with Crippen LogP contribution in [0, 0.1) is 0 Å². The van der Waals surface area contributed by atoms with Gasteiger partial charge in [0.2, 0.25) is 10.0 Å². The van der Waals surface area contributed by atoms with Gasteiger partial charge in [-0.05, 0) is 24.1 Å². The normalized spacial score (nSPS) is 11.1. The van der Waals surface area contributed by atoms with Gasteiger partial charge >= 0.3 is 5.97 Å². The number of nitrogens with zero attached hydrogens (tertiary/aromatic N) is 1. The molecule has 2 aromatic rings. The lowest BCUT2D eigenvalue weighted by Gasteiger charge is -2.07. The highest BCUT2D eigenvalue weighted by Crippen LogP contribution is 2.22. The van der Waals surface area contributed by atoms with Gasteiger partial charge in [0.05, 0.1) is 18.4 Å². The van der Waals surface area contributed by atoms with Crippen LogP contribution in [0.5, 0.6) is 5.75 Å². The molecule has 0 bridgehead atoms. The molecule has 2 N–H and O–H groups in total. The smallest absolute Gasteiger partial charge is 0.357 e. The molecule has 118 valence electrons. The highest BCUT2D eigenvalue weighted by atomic mass is 32.2. The lowest BCUT2D eigenvalue weighted by molar-refractivity contribution is 0.0692. The third kappa shape index (κ3) is 4.18. The predicted octanol–water partition coefficient (Wildman–Crippen LogP) is 1.83. The standard InChI is InChI=1S/C13H14N2O5S2/c1-20-10-4-2-3-9(7-10)5-6-22(18,19)15-12-11(13(16)17)14-8-21-12/h2-4,7-8,15H,5-6H2,1H3,(H,16,17). The summed E-state index contributed by atoms with van der Waals surface area (Å²) in [6.45, 7) is 0. The minimum atomic E-state index is -3.66. The molecule has 0 amide bonds. The quantitative estimate of drug-likeness (QED) is 0.795. The van der Waals surface area contributed by atoms with Crippen molar-refractivity contribution < 1.29 is 23.1 Å². The van der Waals surface area contributed by atoms with Crippen molar-refractivity contribution >= 4 is 32.3 Å². The first kappa shape index (κ1) is 16.2. The zero-order valence-electron chi connectivity index (χ0n) is 11.6. The van der Waals surface area contributed by atoms with E-state index in [4.69, 9.17) is 9.84 Å². The van der Waals surface area contributed by atoms with Crippen molar-refractivity contribution in [1.82, 2.24) is 4.98 Å². The third-order valence-electron chi connectivity index (χ3n) is 2.81. The maximum Gasteiger partial charge on any atom is 0.357 e. The van der Waals surface area contributed by atoms with Crippen molar-refractivity contribution in [2.45, 2.75) is 6.42 Å². The van der Waals surface area contributed by atoms with Crippen molar-refractivity contribution in [2.24, 2.45) is 0 Å². The second-order valence-electron chi connectivity index (χ2n) is 4.36. The number of carboxylic acids is 1. The molecule has 1 heterocycles. The molecule has 0 saturated carbocycles. The molecule has 0 atom stereocenters. The Hall–Kier alpha value is -2.13. The lowest BCUT2D eigenvalue weighted by Crippen LogP contribution is -2.19. The second-order valence-corrected chi connectivity index (χ2v) is 7.05. The van der Waals surface area contributed by atoms with Crippen LogP contribution in [0.1, 0.15) is 16.1 Å². The highest BCUT2D eigenvalue weighted by Gasteiger charge is 2.19. The average molecular weight is 342 g/mol. The molecule has 0 aliphatic rings. The van der Waals surface area contributed by atoms with Crippen LogP contribution in [-0.4, -0.2) is 37.3 Å². The number of benzene rings is 1. The van der Waals surface area contributed by atoms with Gasteiger partial charge in [-0.1, -0.05) is 12.1 Å². The average Bonchev–Trinajstić information content (AvgIpc) is 2.93. The lowest BCUT2D eigenvalue weighted by atomic mass is 10.2. The van der Waals surface area contributed by atoms with Gasteiger partial charge in [-0.15, -0.1) is 11.3 Å². The van der Waals surface area contributed by atoms with Gasteiger partial charge < -0.3 is 9.84 Å². The van der Waals surface area contributed by atoms with E-state index in [2.05, 4.69) is 9.71 Å². The molecule has 0 radical (unpaired) electrons. The van der Waals surface area contributed by atoms with Crippen molar-refractivity contribution in [3.63, 3.8) is 0 Å². The number of anilines is 1. The number of carboxylic acid groups (broad SMARTS) is 1. The third-order valence-corrected chi connectivity index (χ3v) is 4.94. The summed E-state index contributed by atoms with van der Waals surface area (Å²) in [6, 6.07) is 7.10. The van der Waals surface area contributed by atoms with Gasteiger partial charge in [-0.25, -0.2) is 18.2 Å². The van der Waals surface area contributed by atoms with E-state index in [-0.39, 0.29) is 22.9 Å². The summed E-state index contributed by atoms with van der Waals surface area (Å²) in [4.78, 5) is 14.5. The van der Waals surface area contributed by atoms with E-state index in [1.807, 2.05) is 0 Å². The van der Waals surface area contributed by atoms with Gasteiger partial charge in [0.15, 0.2) is 5.69 Å². The Bertz CT molecular complexity index is 770. The molecule has 0 fully saturated rings. The predicted molar refractivity (Wildman–Crippen MR) is 83.2 cm³/mol. The largest absolute Gasteiger partial charge is 0.497 e. The molecular weight excluding hydrogens is 328 g/mol. The van der Waals surface area contributed by atoms with Gasteiger partial charge in [0, 0.05) is 0 Å². The van der Waals surface area contributed by atoms with E-state index in [0.29, 0.717) is 5.75 Å². The minimum Gasteiger partial charge on any atom is -0.497 e. The van der Waals surface area contributed by atoms with Crippen LogP contribution in [0.15, 0.2) is 29.8 Å². The summed E-state index contributed by atoms with van der Waals surface area (Å²) in [5.74, 6) is -0.790. The fourth-order valence-electron chi connectivity index (χ4n) is 1.74. The fraction of sp³-hybridized carbons (Fsp3) is 0.231. The van der Waals surface area contributed by atoms with E-state index in [1.165, 1.54) is 12.6 Å². The van der Waals surface area contributed by atoms with Crippen molar-refractivity contribution in [1.29, 1.82) is 0 Å². The van der Waals surface area contributed by atoms with Crippen molar-refractivity contribution in [2.75, 3.05) is 17.6 Å². The monoisotopic (exact) mass is 342 g/mol. The van der Waals surface area contributed by atoms with Crippen LogP contribution in [-0.2, 0) is 16.4 Å². The number of sulfonamides is 1. The number of hydrogen-bond donors (Lipinski definition) is 2. The number of rotatable bonds is 7. The van der Waals surface area contributed by atoms with E-state index < -0.39 is 16.0 Å². The first-order chi connectivity index (χ1) is 10.4. The summed E-state index contributed by atoms with van der Waals surface area (Å²) in [5.41, 5.74) is 1.80. The zero-order valence-corrected chi connectivity index (χ0v) is 13.3. The summed E-state index contributed by atoms with van der Waals surface area (Å²) in [5, 5.41) is 8.92. The molecule has 1 aromatic heterocycles. The van der Waals surface area contributed by atoms with Crippen LogP contribution >= 0.6 is 11.3 Å². The number of carbonyl (C=O) groups is 1. The Balaban J connectivity index is 2.05. The van der Waals surface area contributed by atoms with Crippen LogP contribution in [0.4, 0.5) is 5.00 Å². The van der Waals surface area contributed by atoms with Crippen molar-refractivity contribution in [3.05, 3.63) is 41.0 Å². The minimum absolute atomic E-state index is 0.0122. The molecule has 0 aliphatic heterocycles. The van der Waals surface area contributed by atoms with Gasteiger partial charge in [-0.3, -0.25) is 4.72 Å². The topological polar surface area (TPSA) is 106 Å². The zero-order chi connectivity index (χ0) is 16.2. The summed E-state index contributed by atoms with van der Waals surface area (Å²) in [7, 11) is -2.13. The molecule has 22 heavy (non-hydrogen) atoms. The molecular formula is C13H14N2O5S2. The first-order valence-corrected chi connectivity index (χ1v) is 8.74. The Morgan fingerprint density at radius 3 is 2.91 bits per heavy atom. The number of aromatic nitrogens is 1. The number of aryl methyl sites for hydroxylation is 1. The summed E-state index contributed by atoms with van der Waals surface area (Å²) < 4.78 is 31.4. The van der Waals surface area contributed by atoms with Crippen molar-refractivity contribution in [3.8, 4) is 5.75 Å². The second kappa shape index (κ2) is 6.75. The Morgan fingerprint density at radius 1 is 1.45 bits per heavy atom. The molecule has 0 spiro atoms. The van der Waals surface area contributed by atoms with Crippen LogP contribution in [0.25, 0.3) is 0 Å². The maximum atomic E-state index is 12.0. The molecule has 0 saturated heterocycles. The number of thiazole rings is 1. The molecule has 0 unspecified atom stereocenters. The number of nitrogens with one attached hydrogen (secondary N) is 1. The molecule has 0 aliphatic carbocycles. The molecule has 9 heteroatoms. The summed E-state index contributed by atoms with van der Waals surface area (Å²) >= 11 is 0.930. The van der Waals surface area contributed by atoms with Gasteiger partial charge in [0.25, 0.3) is 0 Å².